The van der Waals surface area contributed by atoms with Crippen LogP contribution in [0.2, 0.25) is 0 Å². The van der Waals surface area contributed by atoms with Crippen LogP contribution in [0.5, 0.6) is 0 Å². The van der Waals surface area contributed by atoms with E-state index in [1.807, 2.05) is 17.9 Å². The minimum atomic E-state index is -0.0966. The Morgan fingerprint density at radius 2 is 2.18 bits per heavy atom. The van der Waals surface area contributed by atoms with Gasteiger partial charge in [0, 0.05) is 25.2 Å². The smallest absolute Gasteiger partial charge is 0.0966 e. The van der Waals surface area contributed by atoms with Gasteiger partial charge in [-0.1, -0.05) is 6.92 Å². The van der Waals surface area contributed by atoms with Crippen molar-refractivity contribution in [3.63, 3.8) is 0 Å². The van der Waals surface area contributed by atoms with Gasteiger partial charge in [0.2, 0.25) is 0 Å². The third-order valence-corrected chi connectivity index (χ3v) is 3.76. The molecule has 2 heterocycles. The van der Waals surface area contributed by atoms with Crippen molar-refractivity contribution in [2.24, 2.45) is 18.2 Å². The molecule has 0 saturated carbocycles. The van der Waals surface area contributed by atoms with Crippen LogP contribution in [0.25, 0.3) is 0 Å². The highest BCUT2D eigenvalue weighted by molar-refractivity contribution is 5.83. The second-order valence-corrected chi connectivity index (χ2v) is 5.23. The second kappa shape index (κ2) is 4.49. The van der Waals surface area contributed by atoms with Gasteiger partial charge >= 0.3 is 0 Å². The molecule has 1 aliphatic rings. The predicted molar refractivity (Wildman–Crippen MR) is 67.7 cm³/mol. The van der Waals surface area contributed by atoms with E-state index in [1.54, 1.807) is 0 Å². The Hall–Kier alpha value is -1.36. The van der Waals surface area contributed by atoms with Crippen LogP contribution in [0, 0.1) is 10.8 Å². The Bertz CT molecular complexity index is 401. The number of aryl methyl sites for hydroxylation is 1. The van der Waals surface area contributed by atoms with Gasteiger partial charge in [-0.15, -0.1) is 0 Å². The fourth-order valence-corrected chi connectivity index (χ4v) is 2.25. The average Bonchev–Trinajstić information content (AvgIpc) is 2.67. The highest BCUT2D eigenvalue weighted by atomic mass is 15.3. The van der Waals surface area contributed by atoms with Crippen LogP contribution in [-0.4, -0.2) is 33.6 Å². The number of aromatic nitrogens is 2. The zero-order valence-corrected chi connectivity index (χ0v) is 10.6. The van der Waals surface area contributed by atoms with Crippen molar-refractivity contribution in [3.8, 4) is 0 Å². The molecule has 0 spiro atoms. The van der Waals surface area contributed by atoms with Gasteiger partial charge in [0.05, 0.1) is 11.5 Å². The molecule has 0 amide bonds. The number of piperidine rings is 1. The van der Waals surface area contributed by atoms with E-state index in [1.165, 1.54) is 0 Å². The first-order valence-corrected chi connectivity index (χ1v) is 6.05. The molecule has 3 N–H and O–H groups in total. The number of hydrogen-bond acceptors (Lipinski definition) is 3. The summed E-state index contributed by atoms with van der Waals surface area (Å²) in [4.78, 5) is 2.38. The van der Waals surface area contributed by atoms with Crippen LogP contribution >= 0.6 is 0 Å². The highest BCUT2D eigenvalue weighted by Gasteiger charge is 2.32. The summed E-state index contributed by atoms with van der Waals surface area (Å²) in [7, 11) is 1.94. The molecule has 0 unspecified atom stereocenters. The Morgan fingerprint density at radius 1 is 1.53 bits per heavy atom. The minimum Gasteiger partial charge on any atom is -0.387 e. The fourth-order valence-electron chi connectivity index (χ4n) is 2.25. The lowest BCUT2D eigenvalue weighted by Gasteiger charge is -2.38. The molecule has 5 nitrogen and oxygen atoms in total. The molecule has 1 aromatic rings. The first kappa shape index (κ1) is 12.1. The van der Waals surface area contributed by atoms with Gasteiger partial charge in [0.1, 0.15) is 0 Å². The summed E-state index contributed by atoms with van der Waals surface area (Å²) in [6.07, 6.45) is 3.91. The van der Waals surface area contributed by atoms with Crippen molar-refractivity contribution < 1.29 is 0 Å². The molecule has 1 fully saturated rings. The molecular formula is C12H21N5. The van der Waals surface area contributed by atoms with Gasteiger partial charge in [0.15, 0.2) is 0 Å². The molecule has 1 aliphatic heterocycles. The monoisotopic (exact) mass is 235 g/mol. The zero-order valence-electron chi connectivity index (χ0n) is 10.6. The number of nitrogens with zero attached hydrogens (tertiary/aromatic N) is 3. The maximum atomic E-state index is 7.62. The van der Waals surface area contributed by atoms with Crippen LogP contribution in [0.15, 0.2) is 12.3 Å². The van der Waals surface area contributed by atoms with E-state index in [0.717, 1.165) is 38.2 Å². The molecule has 1 aromatic heterocycles. The van der Waals surface area contributed by atoms with Crippen molar-refractivity contribution in [2.45, 2.75) is 26.3 Å². The number of hydrogen-bond donors (Lipinski definition) is 2. The predicted octanol–water partition coefficient (Wildman–Crippen LogP) is 0.958. The van der Waals surface area contributed by atoms with Crippen molar-refractivity contribution >= 4 is 5.84 Å². The summed E-state index contributed by atoms with van der Waals surface area (Å²) in [5, 5.41) is 12.0. The van der Waals surface area contributed by atoms with Crippen molar-refractivity contribution in [2.75, 3.05) is 13.1 Å². The molecule has 2 rings (SSSR count). The third kappa shape index (κ3) is 2.66. The van der Waals surface area contributed by atoms with E-state index in [-0.39, 0.29) is 5.41 Å². The fraction of sp³-hybridized carbons (Fsp3) is 0.667. The largest absolute Gasteiger partial charge is 0.387 e. The van der Waals surface area contributed by atoms with E-state index in [9.17, 15) is 0 Å². The lowest BCUT2D eigenvalue weighted by Crippen LogP contribution is -2.44. The van der Waals surface area contributed by atoms with Gasteiger partial charge in [-0.2, -0.15) is 5.10 Å². The van der Waals surface area contributed by atoms with E-state index in [0.29, 0.717) is 5.84 Å². The number of nitrogens with one attached hydrogen (secondary N) is 1. The van der Waals surface area contributed by atoms with Gasteiger partial charge < -0.3 is 5.73 Å². The molecule has 0 bridgehead atoms. The van der Waals surface area contributed by atoms with Crippen molar-refractivity contribution in [1.82, 2.24) is 14.7 Å². The quantitative estimate of drug-likeness (QED) is 0.605. The van der Waals surface area contributed by atoms with Gasteiger partial charge in [-0.05, 0) is 32.0 Å². The Labute approximate surface area is 102 Å². The van der Waals surface area contributed by atoms with Crippen molar-refractivity contribution in [3.05, 3.63) is 18.0 Å². The van der Waals surface area contributed by atoms with Crippen LogP contribution in [0.1, 0.15) is 25.5 Å². The third-order valence-electron chi connectivity index (χ3n) is 3.76. The lowest BCUT2D eigenvalue weighted by molar-refractivity contribution is 0.154. The zero-order chi connectivity index (χ0) is 12.5. The van der Waals surface area contributed by atoms with Crippen LogP contribution in [0.3, 0.4) is 0 Å². The van der Waals surface area contributed by atoms with Gasteiger partial charge in [0.25, 0.3) is 0 Å². The average molecular weight is 235 g/mol. The summed E-state index contributed by atoms with van der Waals surface area (Å²) in [6.45, 7) is 4.97. The highest BCUT2D eigenvalue weighted by Crippen LogP contribution is 2.30. The molecule has 1 saturated heterocycles. The van der Waals surface area contributed by atoms with Crippen LogP contribution in [0.4, 0.5) is 0 Å². The molecule has 0 aromatic carbocycles. The maximum absolute atomic E-state index is 7.62. The number of nitrogens with two attached hydrogens (primary N) is 1. The second-order valence-electron chi connectivity index (χ2n) is 5.23. The standard InChI is InChI=1S/C12H21N5/c1-12(11(13)14)4-7-17(8-5-12)9-10-3-6-16(2)15-10/h3,6H,4-5,7-9H2,1-2H3,(H3,13,14). The molecule has 94 valence electrons. The first-order chi connectivity index (χ1) is 7.99. The Morgan fingerprint density at radius 3 is 2.65 bits per heavy atom. The van der Waals surface area contributed by atoms with E-state index in [4.69, 9.17) is 11.1 Å². The minimum absolute atomic E-state index is 0.0966. The summed E-state index contributed by atoms with van der Waals surface area (Å²) in [5.74, 6) is 0.329. The van der Waals surface area contributed by atoms with Gasteiger partial charge in [-0.3, -0.25) is 15.0 Å². The first-order valence-electron chi connectivity index (χ1n) is 6.05. The van der Waals surface area contributed by atoms with E-state index < -0.39 is 0 Å². The number of likely N-dealkylation sites (tertiary alicyclic amines) is 1. The normalized spacial score (nSPS) is 20.4. The molecular weight excluding hydrogens is 214 g/mol. The Balaban J connectivity index is 1.89. The number of amidine groups is 1. The molecule has 0 atom stereocenters. The molecule has 17 heavy (non-hydrogen) atoms. The SMILES string of the molecule is Cn1ccc(CN2CCC(C)(C(=N)N)CC2)n1. The van der Waals surface area contributed by atoms with Crippen molar-refractivity contribution in [1.29, 1.82) is 5.41 Å². The number of rotatable bonds is 3. The molecule has 5 heteroatoms. The van der Waals surface area contributed by atoms with Crippen LogP contribution < -0.4 is 5.73 Å². The summed E-state index contributed by atoms with van der Waals surface area (Å²) < 4.78 is 1.83. The Kier molecular flexibility index (Phi) is 3.19. The molecule has 0 aliphatic carbocycles. The topological polar surface area (TPSA) is 70.9 Å². The lowest BCUT2D eigenvalue weighted by atomic mass is 9.79. The summed E-state index contributed by atoms with van der Waals surface area (Å²) in [6, 6.07) is 2.05. The molecule has 0 radical (unpaired) electrons. The van der Waals surface area contributed by atoms with Crippen LogP contribution in [-0.2, 0) is 13.6 Å². The summed E-state index contributed by atoms with van der Waals surface area (Å²) >= 11 is 0. The maximum Gasteiger partial charge on any atom is 0.0966 e. The summed E-state index contributed by atoms with van der Waals surface area (Å²) in [5.41, 5.74) is 6.67. The van der Waals surface area contributed by atoms with E-state index in [2.05, 4.69) is 23.0 Å². The van der Waals surface area contributed by atoms with E-state index >= 15 is 0 Å². The van der Waals surface area contributed by atoms with Gasteiger partial charge in [-0.25, -0.2) is 0 Å².